The Morgan fingerprint density at radius 3 is 2.33 bits per heavy atom. The van der Waals surface area contributed by atoms with Gasteiger partial charge in [0.05, 0.1) is 13.2 Å². The Kier molecular flexibility index (Phi) is 9.79. The van der Waals surface area contributed by atoms with Gasteiger partial charge in [0.25, 0.3) is 0 Å². The first kappa shape index (κ1) is 30.8. The first-order chi connectivity index (χ1) is 18.5. The Morgan fingerprint density at radius 1 is 0.974 bits per heavy atom. The highest BCUT2D eigenvalue weighted by molar-refractivity contribution is 5.69. The summed E-state index contributed by atoms with van der Waals surface area (Å²) in [5.74, 6) is 3.07. The molecule has 39 heavy (non-hydrogen) atoms. The van der Waals surface area contributed by atoms with Crippen molar-refractivity contribution >= 4 is 11.9 Å². The van der Waals surface area contributed by atoms with E-state index in [2.05, 4.69) is 32.6 Å². The lowest BCUT2D eigenvalue weighted by molar-refractivity contribution is -0.207. The van der Waals surface area contributed by atoms with Crippen LogP contribution in [0, 0.1) is 52.3 Å². The molecule has 0 spiro atoms. The molecule has 0 unspecified atom stereocenters. The van der Waals surface area contributed by atoms with Crippen LogP contribution in [-0.2, 0) is 19.1 Å². The van der Waals surface area contributed by atoms with Gasteiger partial charge in [-0.05, 0) is 131 Å². The van der Waals surface area contributed by atoms with E-state index in [1.54, 1.807) is 0 Å². The lowest BCUT2D eigenvalue weighted by Gasteiger charge is -2.64. The highest BCUT2D eigenvalue weighted by atomic mass is 16.5. The van der Waals surface area contributed by atoms with Gasteiger partial charge >= 0.3 is 11.9 Å². The maximum atomic E-state index is 12.6. The molecule has 4 saturated carbocycles. The van der Waals surface area contributed by atoms with Gasteiger partial charge in [-0.15, -0.1) is 0 Å². The number of methoxy groups -OCH3 is 1. The zero-order chi connectivity index (χ0) is 28.5. The zero-order valence-electron chi connectivity index (χ0n) is 25.9. The Balaban J connectivity index is 1.47. The third kappa shape index (κ3) is 5.94. The summed E-state index contributed by atoms with van der Waals surface area (Å²) >= 11 is 0. The van der Waals surface area contributed by atoms with Crippen LogP contribution in [0.4, 0.5) is 0 Å². The third-order valence-corrected chi connectivity index (χ3v) is 12.4. The number of nitrogens with zero attached hydrogens (tertiary/aromatic N) is 1. The predicted octanol–water partition coefficient (Wildman–Crippen LogP) is 6.10. The highest BCUT2D eigenvalue weighted by Gasteiger charge is 2.65. The molecular formula is C33H57NO5. The van der Waals surface area contributed by atoms with Crippen molar-refractivity contribution < 1.29 is 24.2 Å². The molecule has 0 aromatic carbocycles. The molecule has 1 N–H and O–H groups in total. The van der Waals surface area contributed by atoms with Crippen LogP contribution >= 0.6 is 0 Å². The van der Waals surface area contributed by atoms with E-state index in [1.807, 2.05) is 14.1 Å². The smallest absolute Gasteiger partial charge is 0.306 e. The quantitative estimate of drug-likeness (QED) is 0.333. The van der Waals surface area contributed by atoms with Gasteiger partial charge in [0.15, 0.2) is 0 Å². The van der Waals surface area contributed by atoms with Gasteiger partial charge in [0, 0.05) is 12.8 Å². The predicted molar refractivity (Wildman–Crippen MR) is 154 cm³/mol. The van der Waals surface area contributed by atoms with Crippen LogP contribution in [0.2, 0.25) is 0 Å². The molecule has 4 rings (SSSR count). The molecular weight excluding hydrogens is 490 g/mol. The molecule has 6 heteroatoms. The molecule has 224 valence electrons. The average molecular weight is 548 g/mol. The van der Waals surface area contributed by atoms with E-state index in [4.69, 9.17) is 9.47 Å². The van der Waals surface area contributed by atoms with E-state index in [0.717, 1.165) is 45.1 Å². The number of carbonyl (C=O) groups is 2. The molecule has 11 atom stereocenters. The van der Waals surface area contributed by atoms with E-state index in [0.29, 0.717) is 48.3 Å². The number of fused-ring (bicyclic) bond motifs is 5. The number of carbonyl (C=O) groups excluding carboxylic acids is 2. The Labute approximate surface area is 237 Å². The lowest BCUT2D eigenvalue weighted by Crippen LogP contribution is -2.62. The largest absolute Gasteiger partial charge is 0.469 e. The van der Waals surface area contributed by atoms with Gasteiger partial charge in [0.1, 0.15) is 6.10 Å². The molecule has 4 aliphatic carbocycles. The van der Waals surface area contributed by atoms with Gasteiger partial charge < -0.3 is 19.5 Å². The molecule has 4 aliphatic rings. The minimum absolute atomic E-state index is 0.00638. The minimum Gasteiger partial charge on any atom is -0.469 e. The summed E-state index contributed by atoms with van der Waals surface area (Å²) in [5, 5.41) is 12.1. The maximum absolute atomic E-state index is 12.6. The Bertz CT molecular complexity index is 861. The van der Waals surface area contributed by atoms with Crippen molar-refractivity contribution in [3.63, 3.8) is 0 Å². The molecule has 0 radical (unpaired) electrons. The third-order valence-electron chi connectivity index (χ3n) is 12.4. The number of hydrogen-bond acceptors (Lipinski definition) is 6. The monoisotopic (exact) mass is 547 g/mol. The number of aliphatic hydroxyl groups excluding tert-OH is 1. The summed E-state index contributed by atoms with van der Waals surface area (Å²) < 4.78 is 11.0. The van der Waals surface area contributed by atoms with Gasteiger partial charge in [-0.1, -0.05) is 34.1 Å². The second kappa shape index (κ2) is 12.4. The maximum Gasteiger partial charge on any atom is 0.306 e. The highest BCUT2D eigenvalue weighted by Crippen LogP contribution is 2.69. The summed E-state index contributed by atoms with van der Waals surface area (Å²) in [6.07, 6.45) is 11.2. The van der Waals surface area contributed by atoms with E-state index in [1.165, 1.54) is 32.8 Å². The van der Waals surface area contributed by atoms with E-state index in [-0.39, 0.29) is 40.9 Å². The second-order valence-electron chi connectivity index (χ2n) is 14.6. The summed E-state index contributed by atoms with van der Waals surface area (Å²) in [7, 11) is 5.55. The molecule has 0 amide bonds. The fourth-order valence-corrected chi connectivity index (χ4v) is 10.5. The number of esters is 2. The van der Waals surface area contributed by atoms with Gasteiger partial charge in [-0.2, -0.15) is 0 Å². The molecule has 0 heterocycles. The Morgan fingerprint density at radius 2 is 1.67 bits per heavy atom. The van der Waals surface area contributed by atoms with Crippen molar-refractivity contribution in [3.05, 3.63) is 0 Å². The van der Waals surface area contributed by atoms with Crippen molar-refractivity contribution in [3.8, 4) is 0 Å². The van der Waals surface area contributed by atoms with Crippen molar-refractivity contribution in [1.82, 2.24) is 4.90 Å². The van der Waals surface area contributed by atoms with Gasteiger partial charge in [-0.3, -0.25) is 9.59 Å². The standard InChI is InChI=1S/C33H57NO5/c1-8-23-27-20-22(39-29(36)10-9-19-34(5)6)15-17-33(27,4)26-16-18-32(3)24(21(2)11-14-28(35)38-7)12-13-25(32)30(26)31(23)37/h21-27,30-31,37H,8-20H2,1-7H3/t21-,22-,23-,24-,25+,26+,27+,30+,31+,32-,33-/m1/s1. The van der Waals surface area contributed by atoms with Crippen molar-refractivity contribution in [2.75, 3.05) is 27.7 Å². The number of hydrogen-bond donors (Lipinski definition) is 1. The van der Waals surface area contributed by atoms with Crippen LogP contribution in [0.15, 0.2) is 0 Å². The molecule has 0 aliphatic heterocycles. The van der Waals surface area contributed by atoms with E-state index < -0.39 is 0 Å². The average Bonchev–Trinajstić information content (AvgIpc) is 3.25. The van der Waals surface area contributed by atoms with Crippen LogP contribution in [0.5, 0.6) is 0 Å². The van der Waals surface area contributed by atoms with Crippen LogP contribution in [-0.4, -0.2) is 61.9 Å². The van der Waals surface area contributed by atoms with E-state index >= 15 is 0 Å². The van der Waals surface area contributed by atoms with Crippen molar-refractivity contribution in [2.24, 2.45) is 52.3 Å². The first-order valence-electron chi connectivity index (χ1n) is 16.0. The molecule has 4 fully saturated rings. The zero-order valence-corrected chi connectivity index (χ0v) is 25.9. The molecule has 0 aromatic heterocycles. The first-order valence-corrected chi connectivity index (χ1v) is 16.0. The number of rotatable bonds is 10. The van der Waals surface area contributed by atoms with Crippen molar-refractivity contribution in [2.45, 2.75) is 117 Å². The lowest BCUT2D eigenvalue weighted by atomic mass is 9.41. The summed E-state index contributed by atoms with van der Waals surface area (Å²) in [6, 6.07) is 0. The van der Waals surface area contributed by atoms with E-state index in [9.17, 15) is 14.7 Å². The van der Waals surface area contributed by atoms with Crippen LogP contribution in [0.1, 0.15) is 105 Å². The summed E-state index contributed by atoms with van der Waals surface area (Å²) in [4.78, 5) is 26.5. The summed E-state index contributed by atoms with van der Waals surface area (Å²) in [6.45, 7) is 10.5. The fourth-order valence-electron chi connectivity index (χ4n) is 10.5. The normalized spacial score (nSPS) is 42.3. The second-order valence-corrected chi connectivity index (χ2v) is 14.6. The molecule has 6 nitrogen and oxygen atoms in total. The molecule has 0 saturated heterocycles. The van der Waals surface area contributed by atoms with Crippen LogP contribution in [0.3, 0.4) is 0 Å². The fraction of sp³-hybridized carbons (Fsp3) is 0.939. The molecule has 0 aromatic rings. The summed E-state index contributed by atoms with van der Waals surface area (Å²) in [5.41, 5.74) is 0.437. The van der Waals surface area contributed by atoms with Crippen LogP contribution in [0.25, 0.3) is 0 Å². The SMILES string of the molecule is CC[C@H]1[C@H](O)[C@@H]2[C@H](CC[C@]3(C)[C@@H]([C@H](C)CCC(=O)OC)CC[C@@H]23)[C@@]2(C)CC[C@@H](OC(=O)CCCN(C)C)C[C@@H]12. The topological polar surface area (TPSA) is 76.1 Å². The van der Waals surface area contributed by atoms with Gasteiger partial charge in [-0.25, -0.2) is 0 Å². The molecule has 0 bridgehead atoms. The minimum atomic E-state index is -0.277. The Hall–Kier alpha value is -1.14. The number of aliphatic hydroxyl groups is 1. The van der Waals surface area contributed by atoms with Gasteiger partial charge in [0.2, 0.25) is 0 Å². The van der Waals surface area contributed by atoms with Crippen molar-refractivity contribution in [1.29, 1.82) is 0 Å². The number of ether oxygens (including phenoxy) is 2. The van der Waals surface area contributed by atoms with Crippen LogP contribution < -0.4 is 0 Å².